The monoisotopic (exact) mass is 520 g/mol. The van der Waals surface area contributed by atoms with Crippen LogP contribution in [0.2, 0.25) is 4.34 Å². The third-order valence-corrected chi connectivity index (χ3v) is 8.69. The number of ether oxygens (including phenoxy) is 2. The summed E-state index contributed by atoms with van der Waals surface area (Å²) in [7, 11) is 0. The number of likely N-dealkylation sites (tertiary alicyclic amines) is 1. The molecule has 0 atom stereocenters. The number of hydrogen-bond acceptors (Lipinski definition) is 6. The van der Waals surface area contributed by atoms with Crippen molar-refractivity contribution in [3.63, 3.8) is 0 Å². The maximum Gasteiger partial charge on any atom is 0.297 e. The zero-order valence-electron chi connectivity index (χ0n) is 19.5. The molecule has 3 aromatic rings. The van der Waals surface area contributed by atoms with Crippen molar-refractivity contribution in [1.29, 1.82) is 0 Å². The first-order valence-electron chi connectivity index (χ1n) is 12.0. The lowest BCUT2D eigenvalue weighted by Crippen LogP contribution is -2.48. The van der Waals surface area contributed by atoms with Gasteiger partial charge in [-0.2, -0.15) is 13.9 Å². The zero-order valence-corrected chi connectivity index (χ0v) is 21.0. The number of pyridine rings is 1. The van der Waals surface area contributed by atoms with Gasteiger partial charge in [-0.1, -0.05) is 11.6 Å². The van der Waals surface area contributed by atoms with Gasteiger partial charge < -0.3 is 9.47 Å². The van der Waals surface area contributed by atoms with Crippen molar-refractivity contribution in [2.24, 2.45) is 5.92 Å². The van der Waals surface area contributed by atoms with E-state index in [9.17, 15) is 8.78 Å². The van der Waals surface area contributed by atoms with E-state index in [1.807, 2.05) is 25.3 Å². The van der Waals surface area contributed by atoms with E-state index in [-0.39, 0.29) is 5.56 Å². The van der Waals surface area contributed by atoms with Gasteiger partial charge in [0.25, 0.3) is 5.92 Å². The van der Waals surface area contributed by atoms with E-state index in [4.69, 9.17) is 26.2 Å². The Bertz CT molecular complexity index is 1230. The molecule has 3 aromatic heterocycles. The number of halogens is 3. The molecule has 5 heterocycles. The molecule has 3 aliphatic rings. The fraction of sp³-hybridized carbons (Fsp3) is 0.520. The number of fused-ring (bicyclic) bond motifs is 2. The third kappa shape index (κ3) is 4.48. The molecule has 0 amide bonds. The molecule has 186 valence electrons. The molecule has 6 nitrogen and oxygen atoms in total. The van der Waals surface area contributed by atoms with Crippen LogP contribution in [0.3, 0.4) is 0 Å². The SMILES string of the molecule is Cc1nn(-c2ncccc2OCC2CC2)cc1CN1CCC2(CC1)OCC(F)(F)c1cc(Cl)sc12. The van der Waals surface area contributed by atoms with E-state index in [0.29, 0.717) is 40.4 Å². The van der Waals surface area contributed by atoms with Crippen LogP contribution in [0.5, 0.6) is 5.75 Å². The summed E-state index contributed by atoms with van der Waals surface area (Å²) in [5.74, 6) is -0.899. The van der Waals surface area contributed by atoms with Gasteiger partial charge in [-0.3, -0.25) is 4.90 Å². The lowest BCUT2D eigenvalue weighted by molar-refractivity contribution is -0.182. The highest BCUT2D eigenvalue weighted by Gasteiger charge is 2.51. The van der Waals surface area contributed by atoms with E-state index >= 15 is 0 Å². The predicted octanol–water partition coefficient (Wildman–Crippen LogP) is 5.69. The summed E-state index contributed by atoms with van der Waals surface area (Å²) >= 11 is 7.36. The Kier molecular flexibility index (Phi) is 5.86. The lowest BCUT2D eigenvalue weighted by Gasteiger charge is -2.45. The highest BCUT2D eigenvalue weighted by molar-refractivity contribution is 7.16. The van der Waals surface area contributed by atoms with Crippen LogP contribution in [0.4, 0.5) is 8.78 Å². The number of rotatable bonds is 6. The van der Waals surface area contributed by atoms with E-state index in [2.05, 4.69) is 9.88 Å². The predicted molar refractivity (Wildman–Crippen MR) is 130 cm³/mol. The maximum atomic E-state index is 14.4. The number of aryl methyl sites for hydroxylation is 1. The van der Waals surface area contributed by atoms with E-state index in [0.717, 1.165) is 36.6 Å². The normalized spacial score (nSPS) is 21.3. The summed E-state index contributed by atoms with van der Waals surface area (Å²) in [6.07, 6.45) is 7.52. The molecular formula is C25H27ClF2N4O2S. The van der Waals surface area contributed by atoms with Gasteiger partial charge in [0.05, 0.1) is 16.6 Å². The van der Waals surface area contributed by atoms with E-state index < -0.39 is 18.1 Å². The van der Waals surface area contributed by atoms with Crippen LogP contribution in [0.25, 0.3) is 5.82 Å². The molecule has 0 radical (unpaired) electrons. The largest absolute Gasteiger partial charge is 0.489 e. The second-order valence-corrected chi connectivity index (χ2v) is 11.5. The summed E-state index contributed by atoms with van der Waals surface area (Å²) in [6, 6.07) is 5.22. The molecule has 0 N–H and O–H groups in total. The minimum atomic E-state index is -2.99. The standard InChI is InChI=1S/C25H27ClF2N4O2S/c1-16-18(13-32(30-16)23-20(3-2-8-29-23)33-14-17-4-5-17)12-31-9-6-24(7-10-31)22-19(11-21(26)35-22)25(27,28)15-34-24/h2-3,8,11,13,17H,4-7,9-10,12,14-15H2,1H3. The first-order chi connectivity index (χ1) is 16.8. The molecule has 35 heavy (non-hydrogen) atoms. The third-order valence-electron chi connectivity index (χ3n) is 7.24. The molecule has 6 rings (SSSR count). The minimum Gasteiger partial charge on any atom is -0.489 e. The van der Waals surface area contributed by atoms with Gasteiger partial charge in [0.2, 0.25) is 0 Å². The van der Waals surface area contributed by atoms with E-state index in [1.54, 1.807) is 10.9 Å². The maximum absolute atomic E-state index is 14.4. The molecule has 0 aromatic carbocycles. The average molecular weight is 521 g/mol. The van der Waals surface area contributed by atoms with Crippen LogP contribution in [0, 0.1) is 12.8 Å². The van der Waals surface area contributed by atoms with Gasteiger partial charge >= 0.3 is 0 Å². The second-order valence-electron chi connectivity index (χ2n) is 9.82. The van der Waals surface area contributed by atoms with Gasteiger partial charge in [-0.15, -0.1) is 11.3 Å². The van der Waals surface area contributed by atoms with Crippen LogP contribution in [-0.2, 0) is 22.8 Å². The first-order valence-corrected chi connectivity index (χ1v) is 13.2. The van der Waals surface area contributed by atoms with Gasteiger partial charge in [0.15, 0.2) is 11.6 Å². The zero-order chi connectivity index (χ0) is 24.2. The van der Waals surface area contributed by atoms with Crippen molar-refractivity contribution in [1.82, 2.24) is 19.7 Å². The van der Waals surface area contributed by atoms with Crippen molar-refractivity contribution in [2.45, 2.75) is 50.7 Å². The summed E-state index contributed by atoms with van der Waals surface area (Å²) in [4.78, 5) is 7.44. The minimum absolute atomic E-state index is 0.0411. The van der Waals surface area contributed by atoms with Crippen molar-refractivity contribution in [3.8, 4) is 11.6 Å². The van der Waals surface area contributed by atoms with Crippen LogP contribution in [-0.4, -0.2) is 46.0 Å². The molecule has 1 aliphatic carbocycles. The first kappa shape index (κ1) is 23.3. The Hall–Kier alpha value is -2.07. The number of alkyl halides is 2. The highest BCUT2D eigenvalue weighted by atomic mass is 35.5. The topological polar surface area (TPSA) is 52.4 Å². The lowest BCUT2D eigenvalue weighted by atomic mass is 9.84. The summed E-state index contributed by atoms with van der Waals surface area (Å²) in [6.45, 7) is 4.33. The Morgan fingerprint density at radius 1 is 1.29 bits per heavy atom. The molecule has 2 aliphatic heterocycles. The molecule has 2 fully saturated rings. The number of thiophene rings is 1. The fourth-order valence-corrected chi connectivity index (χ4v) is 6.43. The highest BCUT2D eigenvalue weighted by Crippen LogP contribution is 2.52. The van der Waals surface area contributed by atoms with Crippen LogP contribution in [0.15, 0.2) is 30.6 Å². The van der Waals surface area contributed by atoms with Crippen molar-refractivity contribution in [3.05, 3.63) is 56.6 Å². The van der Waals surface area contributed by atoms with Crippen LogP contribution < -0.4 is 4.74 Å². The molecule has 0 unspecified atom stereocenters. The van der Waals surface area contributed by atoms with E-state index in [1.165, 1.54) is 30.2 Å². The quantitative estimate of drug-likeness (QED) is 0.418. The number of hydrogen-bond donors (Lipinski definition) is 0. The molecule has 10 heteroatoms. The molecule has 1 spiro atoms. The molecular weight excluding hydrogens is 494 g/mol. The van der Waals surface area contributed by atoms with Gasteiger partial charge in [0, 0.05) is 48.0 Å². The summed E-state index contributed by atoms with van der Waals surface area (Å²) in [5.41, 5.74) is 1.41. The van der Waals surface area contributed by atoms with Gasteiger partial charge in [-0.05, 0) is 56.7 Å². The number of aromatic nitrogens is 3. The summed E-state index contributed by atoms with van der Waals surface area (Å²) in [5, 5.41) is 4.71. The Labute approximate surface area is 211 Å². The van der Waals surface area contributed by atoms with Crippen LogP contribution in [0.1, 0.15) is 47.4 Å². The Morgan fingerprint density at radius 3 is 2.86 bits per heavy atom. The van der Waals surface area contributed by atoms with Gasteiger partial charge in [-0.25, -0.2) is 9.67 Å². The van der Waals surface area contributed by atoms with Crippen molar-refractivity contribution in [2.75, 3.05) is 26.3 Å². The average Bonchev–Trinajstić information content (AvgIpc) is 3.48. The fourth-order valence-electron chi connectivity index (χ4n) is 4.95. The smallest absolute Gasteiger partial charge is 0.297 e. The van der Waals surface area contributed by atoms with Gasteiger partial charge in [0.1, 0.15) is 12.2 Å². The second kappa shape index (κ2) is 8.80. The van der Waals surface area contributed by atoms with Crippen LogP contribution >= 0.6 is 22.9 Å². The van der Waals surface area contributed by atoms with Crippen molar-refractivity contribution < 1.29 is 18.3 Å². The number of piperidine rings is 1. The summed E-state index contributed by atoms with van der Waals surface area (Å²) < 4.78 is 42.9. The Morgan fingerprint density at radius 2 is 2.09 bits per heavy atom. The molecule has 1 saturated carbocycles. The molecule has 1 saturated heterocycles. The van der Waals surface area contributed by atoms with Crippen molar-refractivity contribution >= 4 is 22.9 Å². The Balaban J connectivity index is 1.16. The molecule has 0 bridgehead atoms. The number of nitrogens with zero attached hydrogens (tertiary/aromatic N) is 4.